The minimum Gasteiger partial charge on any atom is -0.478 e. The maximum atomic E-state index is 9.87. The van der Waals surface area contributed by atoms with Crippen molar-refractivity contribution in [3.63, 3.8) is 0 Å². The summed E-state index contributed by atoms with van der Waals surface area (Å²) >= 11 is 4.46. The fourth-order valence-corrected chi connectivity index (χ4v) is 0.403. The lowest BCUT2D eigenvalue weighted by Gasteiger charge is -1.95. The molecule has 0 saturated carbocycles. The van der Waals surface area contributed by atoms with Crippen LogP contribution in [0.5, 0.6) is 0 Å². The van der Waals surface area contributed by atoms with Crippen molar-refractivity contribution in [2.24, 2.45) is 5.73 Å². The molecule has 0 amide bonds. The number of nitrogens with two attached hydrogens (primary N) is 1. The molecule has 0 heterocycles. The van der Waals surface area contributed by atoms with Crippen LogP contribution in [-0.2, 0) is 4.79 Å². The summed E-state index contributed by atoms with van der Waals surface area (Å²) in [6.45, 7) is 0.349. The van der Waals surface area contributed by atoms with Gasteiger partial charge in [-0.3, -0.25) is 0 Å². The highest BCUT2D eigenvalue weighted by molar-refractivity contribution is 7.80. The van der Waals surface area contributed by atoms with Gasteiger partial charge in [0.1, 0.15) is 0 Å². The monoisotopic (exact) mass is 160 g/mol. The number of carboxylic acid groups (broad SMARTS) is 1. The predicted octanol–water partition coefficient (Wildman–Crippen LogP) is -0.540. The third-order valence-electron chi connectivity index (χ3n) is 0.655. The first-order chi connectivity index (χ1) is 4.63. The molecule has 4 N–H and O–H groups in total. The molecule has 0 bridgehead atoms. The van der Waals surface area contributed by atoms with Gasteiger partial charge in [0.15, 0.2) is 5.11 Å². The fourth-order valence-electron chi connectivity index (χ4n) is 0.319. The van der Waals surface area contributed by atoms with Gasteiger partial charge in [0.05, 0.1) is 0 Å². The highest BCUT2D eigenvalue weighted by Gasteiger charge is 1.84. The Morgan fingerprint density at radius 3 is 2.80 bits per heavy atom. The Morgan fingerprint density at radius 1 is 1.80 bits per heavy atom. The summed E-state index contributed by atoms with van der Waals surface area (Å²) < 4.78 is 0. The summed E-state index contributed by atoms with van der Waals surface area (Å²) in [7, 11) is 0. The van der Waals surface area contributed by atoms with Crippen LogP contribution in [0, 0.1) is 0 Å². The molecule has 0 aromatic carbocycles. The second kappa shape index (κ2) is 4.75. The predicted molar refractivity (Wildman–Crippen MR) is 41.6 cm³/mol. The molecule has 0 aliphatic carbocycles. The van der Waals surface area contributed by atoms with Crippen LogP contribution in [0.2, 0.25) is 0 Å². The van der Waals surface area contributed by atoms with Gasteiger partial charge in [-0.25, -0.2) is 4.79 Å². The smallest absolute Gasteiger partial charge is 0.328 e. The molecule has 10 heavy (non-hydrogen) atoms. The maximum Gasteiger partial charge on any atom is 0.328 e. The van der Waals surface area contributed by atoms with E-state index in [1.165, 1.54) is 6.08 Å². The minimum absolute atomic E-state index is 0.162. The topological polar surface area (TPSA) is 75.3 Å². The van der Waals surface area contributed by atoms with Gasteiger partial charge in [-0.1, -0.05) is 6.08 Å². The lowest BCUT2D eigenvalue weighted by atomic mass is 10.5. The Bertz CT molecular complexity index is 167. The van der Waals surface area contributed by atoms with Crippen LogP contribution < -0.4 is 11.1 Å². The van der Waals surface area contributed by atoms with Crippen molar-refractivity contribution < 1.29 is 9.90 Å². The van der Waals surface area contributed by atoms with Gasteiger partial charge in [0, 0.05) is 12.6 Å². The molecule has 5 heteroatoms. The maximum absolute atomic E-state index is 9.87. The minimum atomic E-state index is -0.982. The van der Waals surface area contributed by atoms with Crippen LogP contribution in [0.1, 0.15) is 0 Å². The average molecular weight is 160 g/mol. The van der Waals surface area contributed by atoms with Crippen molar-refractivity contribution in [2.45, 2.75) is 0 Å². The number of rotatable bonds is 3. The summed E-state index contributed by atoms with van der Waals surface area (Å²) in [5, 5.41) is 10.8. The number of carbonyl (C=O) groups is 1. The molecular weight excluding hydrogens is 152 g/mol. The zero-order valence-electron chi connectivity index (χ0n) is 5.20. The first kappa shape index (κ1) is 8.90. The molecule has 4 nitrogen and oxygen atoms in total. The Balaban J connectivity index is 3.36. The van der Waals surface area contributed by atoms with E-state index in [-0.39, 0.29) is 5.11 Å². The zero-order chi connectivity index (χ0) is 7.98. The normalized spacial score (nSPS) is 9.60. The number of hydrogen-bond donors (Lipinski definition) is 3. The number of nitrogens with one attached hydrogen (secondary N) is 1. The molecule has 0 rings (SSSR count). The van der Waals surface area contributed by atoms with E-state index in [0.717, 1.165) is 6.08 Å². The summed E-state index contributed by atoms with van der Waals surface area (Å²) in [5.41, 5.74) is 5.05. The quantitative estimate of drug-likeness (QED) is 0.382. The lowest BCUT2D eigenvalue weighted by Crippen LogP contribution is -2.28. The van der Waals surface area contributed by atoms with Crippen molar-refractivity contribution in [1.29, 1.82) is 0 Å². The molecule has 0 atom stereocenters. The van der Waals surface area contributed by atoms with Gasteiger partial charge in [-0.05, 0) is 12.2 Å². The third-order valence-corrected chi connectivity index (χ3v) is 0.799. The molecule has 0 saturated heterocycles. The summed E-state index contributed by atoms with van der Waals surface area (Å²) in [6.07, 6.45) is 2.44. The average Bonchev–Trinajstić information content (AvgIpc) is 1.79. The molecule has 0 unspecified atom stereocenters. The van der Waals surface area contributed by atoms with Gasteiger partial charge in [-0.2, -0.15) is 0 Å². The second-order valence-electron chi connectivity index (χ2n) is 1.49. The molecule has 0 fully saturated rings. The van der Waals surface area contributed by atoms with Crippen LogP contribution >= 0.6 is 12.2 Å². The molecule has 0 aromatic rings. The van der Waals surface area contributed by atoms with Gasteiger partial charge in [0.25, 0.3) is 0 Å². The Hall–Kier alpha value is -1.10. The van der Waals surface area contributed by atoms with Crippen molar-refractivity contribution in [3.05, 3.63) is 12.2 Å². The van der Waals surface area contributed by atoms with Crippen molar-refractivity contribution in [1.82, 2.24) is 5.32 Å². The largest absolute Gasteiger partial charge is 0.478 e. The first-order valence-corrected chi connectivity index (χ1v) is 2.96. The van der Waals surface area contributed by atoms with Gasteiger partial charge < -0.3 is 16.2 Å². The lowest BCUT2D eigenvalue weighted by molar-refractivity contribution is -0.131. The molecular formula is C5H8N2O2S. The Kier molecular flexibility index (Phi) is 4.23. The standard InChI is InChI=1S/C5H8N2O2S/c6-5(10)7-3-1-2-4(8)9/h1-2H,3H2,(H,8,9)(H3,6,7,10). The van der Waals surface area contributed by atoms with E-state index >= 15 is 0 Å². The highest BCUT2D eigenvalue weighted by atomic mass is 32.1. The van der Waals surface area contributed by atoms with E-state index in [4.69, 9.17) is 10.8 Å². The zero-order valence-corrected chi connectivity index (χ0v) is 6.02. The van der Waals surface area contributed by atoms with Gasteiger partial charge in [0.2, 0.25) is 0 Å². The third kappa shape index (κ3) is 6.90. The van der Waals surface area contributed by atoms with Crippen molar-refractivity contribution >= 4 is 23.3 Å². The van der Waals surface area contributed by atoms with Crippen LogP contribution in [-0.4, -0.2) is 22.7 Å². The molecule has 0 spiro atoms. The number of hydrogen-bond acceptors (Lipinski definition) is 2. The molecule has 0 radical (unpaired) electrons. The van der Waals surface area contributed by atoms with Crippen LogP contribution in [0.4, 0.5) is 0 Å². The highest BCUT2D eigenvalue weighted by Crippen LogP contribution is 1.69. The molecule has 56 valence electrons. The number of aliphatic carboxylic acids is 1. The summed E-state index contributed by atoms with van der Waals surface area (Å²) in [4.78, 5) is 9.87. The first-order valence-electron chi connectivity index (χ1n) is 2.55. The van der Waals surface area contributed by atoms with Crippen LogP contribution in [0.25, 0.3) is 0 Å². The number of thiocarbonyl (C=S) groups is 1. The Morgan fingerprint density at radius 2 is 2.40 bits per heavy atom. The van der Waals surface area contributed by atoms with Crippen LogP contribution in [0.15, 0.2) is 12.2 Å². The number of carboxylic acids is 1. The fraction of sp³-hybridized carbons (Fsp3) is 0.200. The summed E-state index contributed by atoms with van der Waals surface area (Å²) in [5.74, 6) is -0.982. The van der Waals surface area contributed by atoms with E-state index in [1.54, 1.807) is 0 Å². The molecule has 0 aliphatic heterocycles. The SMILES string of the molecule is NC(=S)NCC=CC(=O)O. The van der Waals surface area contributed by atoms with Gasteiger partial charge in [-0.15, -0.1) is 0 Å². The summed E-state index contributed by atoms with van der Waals surface area (Å²) in [6, 6.07) is 0. The van der Waals surface area contributed by atoms with Crippen molar-refractivity contribution in [2.75, 3.05) is 6.54 Å². The van der Waals surface area contributed by atoms with Gasteiger partial charge >= 0.3 is 5.97 Å². The van der Waals surface area contributed by atoms with Crippen molar-refractivity contribution in [3.8, 4) is 0 Å². The Labute approximate surface area is 63.7 Å². The van der Waals surface area contributed by atoms with E-state index in [1.807, 2.05) is 0 Å². The van der Waals surface area contributed by atoms with E-state index in [9.17, 15) is 4.79 Å². The van der Waals surface area contributed by atoms with E-state index in [0.29, 0.717) is 6.54 Å². The van der Waals surface area contributed by atoms with E-state index in [2.05, 4.69) is 17.5 Å². The van der Waals surface area contributed by atoms with E-state index < -0.39 is 5.97 Å². The molecule has 0 aliphatic rings. The second-order valence-corrected chi connectivity index (χ2v) is 1.93. The molecule has 0 aromatic heterocycles. The van der Waals surface area contributed by atoms with Crippen LogP contribution in [0.3, 0.4) is 0 Å².